The number of ether oxygens (including phenoxy) is 2. The Morgan fingerprint density at radius 2 is 1.84 bits per heavy atom. The number of amides is 3. The third kappa shape index (κ3) is 9.65. The van der Waals surface area contributed by atoms with E-state index < -0.39 is 22.1 Å². The second-order valence-electron chi connectivity index (χ2n) is 11.9. The molecule has 0 saturated carbocycles. The summed E-state index contributed by atoms with van der Waals surface area (Å²) in [5.41, 5.74) is 1.77. The lowest BCUT2D eigenvalue weighted by atomic mass is 10.0. The van der Waals surface area contributed by atoms with Gasteiger partial charge in [0.25, 0.3) is 0 Å². The average Bonchev–Trinajstić information content (AvgIpc) is 3.51. The fraction of sp³-hybridized carbons (Fsp3) is 0.562. The molecule has 2 aromatic rings. The molecule has 0 bridgehead atoms. The van der Waals surface area contributed by atoms with Crippen molar-refractivity contribution in [1.82, 2.24) is 19.8 Å². The fourth-order valence-corrected chi connectivity index (χ4v) is 7.84. The van der Waals surface area contributed by atoms with Crippen molar-refractivity contribution in [2.24, 2.45) is 5.92 Å². The highest BCUT2D eigenvalue weighted by molar-refractivity contribution is 9.10. The van der Waals surface area contributed by atoms with E-state index in [1.54, 1.807) is 23.1 Å². The number of morpholine rings is 1. The van der Waals surface area contributed by atoms with E-state index in [4.69, 9.17) is 9.47 Å². The number of unbranched alkanes of at least 4 members (excludes halogenated alkanes) is 1. The zero-order valence-electron chi connectivity index (χ0n) is 26.0. The number of benzene rings is 2. The standard InChI is InChI=1S/C32H45BrN4O7S/c1-23(2)21-37(45(41,42)27-10-11-30-25(19-27)12-16-44-30)26(22-38)8-5-6-13-34-31(39)29(20-24-7-3-4-9-28(24)33)35-32(40)36-14-17-43-18-15-36/h3-4,7,9-11,19,23,26,29,38H,5-6,8,12-18,20-22H2,1-2H3,(H,34,39)(H,35,40)/t26-,29+/m0/s1. The van der Waals surface area contributed by atoms with E-state index in [0.29, 0.717) is 77.3 Å². The van der Waals surface area contributed by atoms with Crippen molar-refractivity contribution in [3.05, 3.63) is 58.1 Å². The van der Waals surface area contributed by atoms with Gasteiger partial charge in [0.15, 0.2) is 0 Å². The maximum Gasteiger partial charge on any atom is 0.318 e. The first-order valence-electron chi connectivity index (χ1n) is 15.6. The molecule has 248 valence electrons. The van der Waals surface area contributed by atoms with Crippen LogP contribution < -0.4 is 15.4 Å². The van der Waals surface area contributed by atoms with E-state index in [1.165, 1.54) is 4.31 Å². The summed E-state index contributed by atoms with van der Waals surface area (Å²) in [6, 6.07) is 10.8. The Morgan fingerprint density at radius 3 is 2.56 bits per heavy atom. The summed E-state index contributed by atoms with van der Waals surface area (Å²) >= 11 is 3.53. The zero-order valence-corrected chi connectivity index (χ0v) is 28.4. The van der Waals surface area contributed by atoms with E-state index in [1.807, 2.05) is 38.1 Å². The molecular weight excluding hydrogens is 664 g/mol. The Balaban J connectivity index is 1.35. The van der Waals surface area contributed by atoms with Crippen LogP contribution in [0.25, 0.3) is 0 Å². The maximum absolute atomic E-state index is 13.8. The third-order valence-electron chi connectivity index (χ3n) is 7.99. The van der Waals surface area contributed by atoms with Gasteiger partial charge in [-0.05, 0) is 54.2 Å². The summed E-state index contributed by atoms with van der Waals surface area (Å²) in [7, 11) is -3.86. The number of hydrogen-bond donors (Lipinski definition) is 3. The molecule has 1 saturated heterocycles. The van der Waals surface area contributed by atoms with Gasteiger partial charge in [0.05, 0.1) is 31.3 Å². The van der Waals surface area contributed by atoms with Gasteiger partial charge in [-0.25, -0.2) is 13.2 Å². The molecule has 2 atom stereocenters. The van der Waals surface area contributed by atoms with E-state index in [9.17, 15) is 23.1 Å². The number of hydrogen-bond acceptors (Lipinski definition) is 7. The lowest BCUT2D eigenvalue weighted by Crippen LogP contribution is -2.54. The highest BCUT2D eigenvalue weighted by Gasteiger charge is 2.32. The highest BCUT2D eigenvalue weighted by Crippen LogP contribution is 2.30. The molecule has 0 aromatic heterocycles. The minimum Gasteiger partial charge on any atom is -0.493 e. The molecule has 3 N–H and O–H groups in total. The molecule has 2 aromatic carbocycles. The summed E-state index contributed by atoms with van der Waals surface area (Å²) in [5, 5.41) is 16.1. The maximum atomic E-state index is 13.8. The molecule has 45 heavy (non-hydrogen) atoms. The normalized spacial score (nSPS) is 16.3. The molecular formula is C32H45BrN4O7S. The lowest BCUT2D eigenvalue weighted by Gasteiger charge is -2.31. The van der Waals surface area contributed by atoms with Crippen LogP contribution in [0.1, 0.15) is 44.2 Å². The molecule has 0 unspecified atom stereocenters. The lowest BCUT2D eigenvalue weighted by molar-refractivity contribution is -0.123. The number of nitrogens with zero attached hydrogens (tertiary/aromatic N) is 2. The van der Waals surface area contributed by atoms with Crippen LogP contribution in [-0.4, -0.2) is 99.4 Å². The Kier molecular flexibility index (Phi) is 13.1. The first-order valence-corrected chi connectivity index (χ1v) is 17.9. The van der Waals surface area contributed by atoms with Crippen LogP contribution in [0.15, 0.2) is 51.8 Å². The van der Waals surface area contributed by atoms with Crippen molar-refractivity contribution >= 4 is 37.9 Å². The van der Waals surface area contributed by atoms with Gasteiger partial charge in [-0.3, -0.25) is 4.79 Å². The molecule has 3 amide bonds. The number of halogens is 1. The number of sulfonamides is 1. The van der Waals surface area contributed by atoms with Gasteiger partial charge in [-0.1, -0.05) is 54.4 Å². The van der Waals surface area contributed by atoms with Crippen molar-refractivity contribution < 1.29 is 32.6 Å². The van der Waals surface area contributed by atoms with E-state index in [0.717, 1.165) is 15.6 Å². The van der Waals surface area contributed by atoms with Crippen molar-refractivity contribution in [2.75, 3.05) is 52.6 Å². The van der Waals surface area contributed by atoms with E-state index in [2.05, 4.69) is 26.6 Å². The fourth-order valence-electron chi connectivity index (χ4n) is 5.53. The predicted molar refractivity (Wildman–Crippen MR) is 175 cm³/mol. The minimum absolute atomic E-state index is 0.0557. The molecule has 4 rings (SSSR count). The van der Waals surface area contributed by atoms with Crippen LogP contribution in [0.2, 0.25) is 0 Å². The number of aliphatic hydroxyl groups excluding tert-OH is 1. The van der Waals surface area contributed by atoms with Gasteiger partial charge in [0.1, 0.15) is 11.8 Å². The summed E-state index contributed by atoms with van der Waals surface area (Å²) in [6.07, 6.45) is 2.57. The Morgan fingerprint density at radius 1 is 1.09 bits per heavy atom. The van der Waals surface area contributed by atoms with Crippen molar-refractivity contribution in [3.8, 4) is 5.75 Å². The summed E-state index contributed by atoms with van der Waals surface area (Å²) < 4.78 is 40.7. The third-order valence-corrected chi connectivity index (χ3v) is 10.7. The summed E-state index contributed by atoms with van der Waals surface area (Å²) in [4.78, 5) is 28.1. The summed E-state index contributed by atoms with van der Waals surface area (Å²) in [6.45, 7) is 6.59. The Hall–Kier alpha value is -2.71. The van der Waals surface area contributed by atoms with Crippen molar-refractivity contribution in [1.29, 1.82) is 0 Å². The first-order chi connectivity index (χ1) is 21.6. The predicted octanol–water partition coefficient (Wildman–Crippen LogP) is 3.33. The van der Waals surface area contributed by atoms with Crippen molar-refractivity contribution in [2.45, 2.75) is 62.9 Å². The Labute approximate surface area is 274 Å². The molecule has 2 aliphatic rings. The number of carbonyl (C=O) groups is 2. The van der Waals surface area contributed by atoms with Crippen molar-refractivity contribution in [3.63, 3.8) is 0 Å². The van der Waals surface area contributed by atoms with Gasteiger partial charge in [-0.2, -0.15) is 4.31 Å². The first kappa shape index (κ1) is 35.1. The van der Waals surface area contributed by atoms with Gasteiger partial charge < -0.3 is 30.1 Å². The monoisotopic (exact) mass is 708 g/mol. The highest BCUT2D eigenvalue weighted by atomic mass is 79.9. The molecule has 1 fully saturated rings. The topological polar surface area (TPSA) is 138 Å². The van der Waals surface area contributed by atoms with Gasteiger partial charge in [0.2, 0.25) is 15.9 Å². The minimum atomic E-state index is -3.86. The van der Waals surface area contributed by atoms with Crippen LogP contribution in [0.4, 0.5) is 4.79 Å². The Bertz CT molecular complexity index is 1400. The second-order valence-corrected chi connectivity index (χ2v) is 14.6. The molecule has 11 nitrogen and oxygen atoms in total. The number of fused-ring (bicyclic) bond motifs is 1. The van der Waals surface area contributed by atoms with E-state index >= 15 is 0 Å². The second kappa shape index (κ2) is 16.7. The van der Waals surface area contributed by atoms with Crippen LogP contribution in [0.5, 0.6) is 5.75 Å². The van der Waals surface area contributed by atoms with Crippen LogP contribution in [0, 0.1) is 5.92 Å². The summed E-state index contributed by atoms with van der Waals surface area (Å²) in [5.74, 6) is 0.472. The van der Waals surface area contributed by atoms with E-state index in [-0.39, 0.29) is 35.9 Å². The average molecular weight is 710 g/mol. The molecule has 0 radical (unpaired) electrons. The number of carbonyl (C=O) groups excluding carboxylic acids is 2. The van der Waals surface area contributed by atoms with Crippen LogP contribution in [0.3, 0.4) is 0 Å². The number of rotatable bonds is 15. The molecule has 2 heterocycles. The number of aliphatic hydroxyl groups is 1. The van der Waals surface area contributed by atoms with Gasteiger partial charge in [-0.15, -0.1) is 0 Å². The SMILES string of the molecule is CC(C)CN([C@H](CO)CCCCNC(=O)[C@@H](Cc1ccccc1Br)NC(=O)N1CCOCC1)S(=O)(=O)c1ccc2c(c1)CCO2. The van der Waals surface area contributed by atoms with Gasteiger partial charge in [0, 0.05) is 49.5 Å². The quantitative estimate of drug-likeness (QED) is 0.242. The largest absolute Gasteiger partial charge is 0.493 e. The zero-order chi connectivity index (χ0) is 32.4. The smallest absolute Gasteiger partial charge is 0.318 e. The molecule has 0 spiro atoms. The number of urea groups is 1. The molecule has 0 aliphatic carbocycles. The molecule has 13 heteroatoms. The van der Waals surface area contributed by atoms with Gasteiger partial charge >= 0.3 is 6.03 Å². The molecule has 2 aliphatic heterocycles. The number of nitrogens with one attached hydrogen (secondary N) is 2. The van der Waals surface area contributed by atoms with Crippen LogP contribution >= 0.6 is 15.9 Å². The van der Waals surface area contributed by atoms with Crippen LogP contribution in [-0.2, 0) is 32.4 Å².